The Bertz CT molecular complexity index is 652. The van der Waals surface area contributed by atoms with Crippen molar-refractivity contribution >= 4 is 17.3 Å². The third-order valence-corrected chi connectivity index (χ3v) is 3.11. The summed E-state index contributed by atoms with van der Waals surface area (Å²) in [5, 5.41) is 2.88. The third-order valence-electron chi connectivity index (χ3n) is 3.11. The summed E-state index contributed by atoms with van der Waals surface area (Å²) in [4.78, 5) is 16.6. The fraction of sp³-hybridized carbons (Fsp3) is 0.200. The summed E-state index contributed by atoms with van der Waals surface area (Å²) in [6, 6.07) is 9.08. The van der Waals surface area contributed by atoms with E-state index in [1.165, 1.54) is 0 Å². The second-order valence-electron chi connectivity index (χ2n) is 4.71. The second-order valence-corrected chi connectivity index (χ2v) is 4.71. The van der Waals surface area contributed by atoms with Crippen LogP contribution < -0.4 is 16.6 Å². The first-order chi connectivity index (χ1) is 9.51. The van der Waals surface area contributed by atoms with Crippen molar-refractivity contribution in [1.82, 2.24) is 4.98 Å². The van der Waals surface area contributed by atoms with E-state index in [0.29, 0.717) is 5.56 Å². The molecule has 1 heterocycles. The fourth-order valence-corrected chi connectivity index (χ4v) is 2.02. The van der Waals surface area contributed by atoms with Gasteiger partial charge in [-0.15, -0.1) is 0 Å². The molecule has 20 heavy (non-hydrogen) atoms. The van der Waals surface area contributed by atoms with Crippen molar-refractivity contribution in [3.05, 3.63) is 52.8 Å². The van der Waals surface area contributed by atoms with Crippen LogP contribution in [0.25, 0.3) is 0 Å². The summed E-state index contributed by atoms with van der Waals surface area (Å²) in [7, 11) is 0. The molecule has 2 rings (SSSR count). The number of hydrogen-bond acceptors (Lipinski definition) is 4. The molecule has 1 aromatic heterocycles. The van der Waals surface area contributed by atoms with Gasteiger partial charge >= 0.3 is 0 Å². The number of carbonyl (C=O) groups is 1. The SMILES string of the molecule is Cc1ccc(NC(=O)c2ccc(NN)cc2C)c(C)n1. The number of anilines is 2. The van der Waals surface area contributed by atoms with Crippen molar-refractivity contribution in [2.45, 2.75) is 20.8 Å². The number of rotatable bonds is 3. The normalized spacial score (nSPS) is 10.2. The Labute approximate surface area is 118 Å². The van der Waals surface area contributed by atoms with Gasteiger partial charge in [0.1, 0.15) is 0 Å². The molecule has 0 unspecified atom stereocenters. The topological polar surface area (TPSA) is 80.0 Å². The van der Waals surface area contributed by atoms with Gasteiger partial charge in [-0.05, 0) is 56.7 Å². The summed E-state index contributed by atoms with van der Waals surface area (Å²) < 4.78 is 0. The highest BCUT2D eigenvalue weighted by Gasteiger charge is 2.11. The summed E-state index contributed by atoms with van der Waals surface area (Å²) >= 11 is 0. The van der Waals surface area contributed by atoms with Crippen molar-refractivity contribution < 1.29 is 4.79 Å². The Morgan fingerprint density at radius 3 is 2.50 bits per heavy atom. The molecule has 4 N–H and O–H groups in total. The molecule has 0 fully saturated rings. The number of nitrogens with zero attached hydrogens (tertiary/aromatic N) is 1. The van der Waals surface area contributed by atoms with Gasteiger partial charge in [0.15, 0.2) is 0 Å². The Kier molecular flexibility index (Phi) is 4.00. The molecule has 0 atom stereocenters. The number of amides is 1. The average molecular weight is 270 g/mol. The predicted molar refractivity (Wildman–Crippen MR) is 80.7 cm³/mol. The number of aromatic nitrogens is 1. The second kappa shape index (κ2) is 5.71. The van der Waals surface area contributed by atoms with Gasteiger partial charge in [0.2, 0.25) is 0 Å². The van der Waals surface area contributed by atoms with E-state index in [2.05, 4.69) is 15.7 Å². The van der Waals surface area contributed by atoms with Crippen LogP contribution in [0.3, 0.4) is 0 Å². The molecule has 0 aliphatic carbocycles. The Morgan fingerprint density at radius 1 is 1.15 bits per heavy atom. The highest BCUT2D eigenvalue weighted by molar-refractivity contribution is 6.05. The lowest BCUT2D eigenvalue weighted by Gasteiger charge is -2.11. The average Bonchev–Trinajstić information content (AvgIpc) is 2.41. The lowest BCUT2D eigenvalue weighted by molar-refractivity contribution is 0.102. The molecule has 0 spiro atoms. The maximum Gasteiger partial charge on any atom is 0.255 e. The molecule has 0 radical (unpaired) electrons. The van der Waals surface area contributed by atoms with Crippen LogP contribution in [0.1, 0.15) is 27.3 Å². The van der Waals surface area contributed by atoms with E-state index in [9.17, 15) is 4.79 Å². The number of carbonyl (C=O) groups excluding carboxylic acids is 1. The Balaban J connectivity index is 2.24. The first-order valence-electron chi connectivity index (χ1n) is 6.34. The van der Waals surface area contributed by atoms with Crippen molar-refractivity contribution in [3.63, 3.8) is 0 Å². The van der Waals surface area contributed by atoms with E-state index in [1.807, 2.05) is 39.0 Å². The molecule has 0 saturated carbocycles. The molecule has 5 nitrogen and oxygen atoms in total. The number of pyridine rings is 1. The van der Waals surface area contributed by atoms with E-state index in [0.717, 1.165) is 28.3 Å². The largest absolute Gasteiger partial charge is 0.324 e. The van der Waals surface area contributed by atoms with Gasteiger partial charge in [-0.2, -0.15) is 0 Å². The molecular weight excluding hydrogens is 252 g/mol. The first-order valence-corrected chi connectivity index (χ1v) is 6.34. The third kappa shape index (κ3) is 2.95. The quantitative estimate of drug-likeness (QED) is 0.591. The smallest absolute Gasteiger partial charge is 0.255 e. The van der Waals surface area contributed by atoms with Crippen molar-refractivity contribution in [3.8, 4) is 0 Å². The molecular formula is C15H18N4O. The molecule has 0 aliphatic heterocycles. The van der Waals surface area contributed by atoms with Crippen LogP contribution >= 0.6 is 0 Å². The maximum atomic E-state index is 12.3. The van der Waals surface area contributed by atoms with E-state index < -0.39 is 0 Å². The monoisotopic (exact) mass is 270 g/mol. The Morgan fingerprint density at radius 2 is 1.90 bits per heavy atom. The van der Waals surface area contributed by atoms with Crippen LogP contribution in [-0.2, 0) is 0 Å². The van der Waals surface area contributed by atoms with Crippen LogP contribution in [0.15, 0.2) is 30.3 Å². The molecule has 0 aliphatic rings. The predicted octanol–water partition coefficient (Wildman–Crippen LogP) is 2.54. The zero-order chi connectivity index (χ0) is 14.7. The van der Waals surface area contributed by atoms with Crippen molar-refractivity contribution in [2.75, 3.05) is 10.7 Å². The lowest BCUT2D eigenvalue weighted by Crippen LogP contribution is -2.15. The number of nitrogens with one attached hydrogen (secondary N) is 2. The van der Waals surface area contributed by atoms with Gasteiger partial charge in [0.05, 0.1) is 11.4 Å². The van der Waals surface area contributed by atoms with Gasteiger partial charge in [-0.25, -0.2) is 0 Å². The lowest BCUT2D eigenvalue weighted by atomic mass is 10.1. The molecule has 5 heteroatoms. The summed E-state index contributed by atoms with van der Waals surface area (Å²) in [5.41, 5.74) is 7.25. The van der Waals surface area contributed by atoms with E-state index in [4.69, 9.17) is 5.84 Å². The van der Waals surface area contributed by atoms with Gasteiger partial charge in [0, 0.05) is 16.9 Å². The summed E-state index contributed by atoms with van der Waals surface area (Å²) in [6.07, 6.45) is 0. The summed E-state index contributed by atoms with van der Waals surface area (Å²) in [5.74, 6) is 5.19. The van der Waals surface area contributed by atoms with Crippen LogP contribution in [0.4, 0.5) is 11.4 Å². The number of benzene rings is 1. The molecule has 1 amide bonds. The molecule has 1 aromatic carbocycles. The maximum absolute atomic E-state index is 12.3. The van der Waals surface area contributed by atoms with Gasteiger partial charge < -0.3 is 10.7 Å². The molecule has 0 bridgehead atoms. The first kappa shape index (κ1) is 14.0. The minimum Gasteiger partial charge on any atom is -0.324 e. The molecule has 0 saturated heterocycles. The molecule has 104 valence electrons. The van der Waals surface area contributed by atoms with Crippen LogP contribution in [-0.4, -0.2) is 10.9 Å². The molecule has 2 aromatic rings. The highest BCUT2D eigenvalue weighted by Crippen LogP contribution is 2.18. The van der Waals surface area contributed by atoms with Crippen molar-refractivity contribution in [1.29, 1.82) is 0 Å². The fourth-order valence-electron chi connectivity index (χ4n) is 2.02. The minimum absolute atomic E-state index is 0.153. The highest BCUT2D eigenvalue weighted by atomic mass is 16.1. The van der Waals surface area contributed by atoms with Crippen molar-refractivity contribution in [2.24, 2.45) is 5.84 Å². The Hall–Kier alpha value is -2.40. The summed E-state index contributed by atoms with van der Waals surface area (Å²) in [6.45, 7) is 5.66. The van der Waals surface area contributed by atoms with Gasteiger partial charge in [-0.1, -0.05) is 0 Å². The zero-order valence-electron chi connectivity index (χ0n) is 11.8. The standard InChI is InChI=1S/C15H18N4O/c1-9-8-12(19-16)5-6-13(9)15(20)18-14-7-4-10(2)17-11(14)3/h4-8,19H,16H2,1-3H3,(H,18,20). The van der Waals surface area contributed by atoms with Gasteiger partial charge in [-0.3, -0.25) is 15.6 Å². The van der Waals surface area contributed by atoms with Crippen LogP contribution in [0.5, 0.6) is 0 Å². The van der Waals surface area contributed by atoms with E-state index >= 15 is 0 Å². The minimum atomic E-state index is -0.153. The van der Waals surface area contributed by atoms with E-state index in [-0.39, 0.29) is 5.91 Å². The van der Waals surface area contributed by atoms with E-state index in [1.54, 1.807) is 12.1 Å². The number of nitrogens with two attached hydrogens (primary N) is 1. The van der Waals surface area contributed by atoms with Crippen LogP contribution in [0.2, 0.25) is 0 Å². The zero-order valence-corrected chi connectivity index (χ0v) is 11.8. The number of aryl methyl sites for hydroxylation is 3. The number of hydrogen-bond donors (Lipinski definition) is 3. The number of nitrogen functional groups attached to an aromatic ring is 1. The van der Waals surface area contributed by atoms with Crippen LogP contribution in [0, 0.1) is 20.8 Å². The number of hydrazine groups is 1. The van der Waals surface area contributed by atoms with Gasteiger partial charge in [0.25, 0.3) is 5.91 Å².